The number of benzene rings is 1. The Morgan fingerprint density at radius 3 is 2.59 bits per heavy atom. The van der Waals surface area contributed by atoms with Crippen molar-refractivity contribution in [3.63, 3.8) is 0 Å². The number of hydrogen-bond acceptors (Lipinski definition) is 3. The third-order valence-electron chi connectivity index (χ3n) is 3.35. The van der Waals surface area contributed by atoms with E-state index in [1.54, 1.807) is 0 Å². The number of nitrogens with two attached hydrogens (primary N) is 1. The Morgan fingerprint density at radius 2 is 1.94 bits per heavy atom. The van der Waals surface area contributed by atoms with Crippen molar-refractivity contribution in [1.29, 1.82) is 0 Å². The molecule has 0 aromatic heterocycles. The Balaban J connectivity index is 1.83. The number of rotatable bonds is 4. The number of carbonyl (C=O) groups excluding carboxylic acids is 1. The fourth-order valence-electron chi connectivity index (χ4n) is 2.26. The monoisotopic (exact) mass is 233 g/mol. The molecule has 92 valence electrons. The van der Waals surface area contributed by atoms with Crippen LogP contribution in [-0.2, 0) is 9.53 Å². The van der Waals surface area contributed by atoms with Gasteiger partial charge in [0.1, 0.15) is 6.04 Å². The fourth-order valence-corrected chi connectivity index (χ4v) is 2.26. The zero-order chi connectivity index (χ0) is 12.1. The van der Waals surface area contributed by atoms with E-state index < -0.39 is 6.04 Å². The number of esters is 1. The summed E-state index contributed by atoms with van der Waals surface area (Å²) in [6.07, 6.45) is 4.86. The smallest absolute Gasteiger partial charge is 0.327 e. The number of hydrogen-bond donors (Lipinski definition) is 1. The number of carbonyl (C=O) groups is 1. The quantitative estimate of drug-likeness (QED) is 0.812. The van der Waals surface area contributed by atoms with Crippen LogP contribution >= 0.6 is 0 Å². The van der Waals surface area contributed by atoms with E-state index in [1.165, 1.54) is 25.7 Å². The van der Waals surface area contributed by atoms with Crippen LogP contribution in [0.15, 0.2) is 30.3 Å². The van der Waals surface area contributed by atoms with Gasteiger partial charge in [-0.2, -0.15) is 0 Å². The first-order chi connectivity index (χ1) is 8.27. The molecule has 1 unspecified atom stereocenters. The SMILES string of the molecule is NC(C(=O)OCC1CCCC1)c1ccccc1. The molecule has 1 aliphatic carbocycles. The van der Waals surface area contributed by atoms with Gasteiger partial charge >= 0.3 is 5.97 Å². The van der Waals surface area contributed by atoms with Gasteiger partial charge in [0.05, 0.1) is 6.61 Å². The van der Waals surface area contributed by atoms with Gasteiger partial charge in [0.25, 0.3) is 0 Å². The lowest BCUT2D eigenvalue weighted by Crippen LogP contribution is -2.25. The Kier molecular flexibility index (Phi) is 4.15. The van der Waals surface area contributed by atoms with E-state index >= 15 is 0 Å². The van der Waals surface area contributed by atoms with E-state index in [1.807, 2.05) is 30.3 Å². The zero-order valence-corrected chi connectivity index (χ0v) is 9.97. The van der Waals surface area contributed by atoms with Crippen molar-refractivity contribution >= 4 is 5.97 Å². The highest BCUT2D eigenvalue weighted by Gasteiger charge is 2.20. The molecule has 17 heavy (non-hydrogen) atoms. The molecule has 0 radical (unpaired) electrons. The molecule has 1 saturated carbocycles. The molecule has 3 heteroatoms. The Bertz CT molecular complexity index is 358. The van der Waals surface area contributed by atoms with Gasteiger partial charge in [-0.15, -0.1) is 0 Å². The minimum Gasteiger partial charge on any atom is -0.464 e. The molecule has 3 nitrogen and oxygen atoms in total. The van der Waals surface area contributed by atoms with Gasteiger partial charge in [-0.05, 0) is 24.3 Å². The summed E-state index contributed by atoms with van der Waals surface area (Å²) in [5.74, 6) is 0.227. The van der Waals surface area contributed by atoms with Crippen LogP contribution in [0.1, 0.15) is 37.3 Å². The van der Waals surface area contributed by atoms with Gasteiger partial charge in [0, 0.05) is 0 Å². The van der Waals surface area contributed by atoms with Crippen LogP contribution in [-0.4, -0.2) is 12.6 Å². The second kappa shape index (κ2) is 5.82. The molecule has 0 bridgehead atoms. The number of ether oxygens (including phenoxy) is 1. The summed E-state index contributed by atoms with van der Waals surface area (Å²) in [5, 5.41) is 0. The van der Waals surface area contributed by atoms with Gasteiger partial charge in [-0.1, -0.05) is 43.2 Å². The maximum atomic E-state index is 11.8. The second-order valence-electron chi connectivity index (χ2n) is 4.67. The molecule has 1 fully saturated rings. The average Bonchev–Trinajstić information content (AvgIpc) is 2.89. The van der Waals surface area contributed by atoms with Crippen molar-refractivity contribution in [2.45, 2.75) is 31.7 Å². The minimum absolute atomic E-state index is 0.317. The molecule has 0 amide bonds. The maximum Gasteiger partial charge on any atom is 0.327 e. The van der Waals surface area contributed by atoms with E-state index in [4.69, 9.17) is 10.5 Å². The van der Waals surface area contributed by atoms with Crippen LogP contribution in [0.25, 0.3) is 0 Å². The molecule has 2 rings (SSSR count). The summed E-state index contributed by atoms with van der Waals surface area (Å²) in [6.45, 7) is 0.527. The van der Waals surface area contributed by atoms with E-state index in [0.29, 0.717) is 12.5 Å². The van der Waals surface area contributed by atoms with Crippen molar-refractivity contribution in [2.75, 3.05) is 6.61 Å². The Labute approximate surface area is 102 Å². The molecule has 1 atom stereocenters. The normalized spacial score (nSPS) is 17.9. The summed E-state index contributed by atoms with van der Waals surface area (Å²) >= 11 is 0. The first-order valence-electron chi connectivity index (χ1n) is 6.24. The predicted molar refractivity (Wildman–Crippen MR) is 66.3 cm³/mol. The molecule has 2 N–H and O–H groups in total. The standard InChI is InChI=1S/C14H19NO2/c15-13(12-8-2-1-3-9-12)14(16)17-10-11-6-4-5-7-11/h1-3,8-9,11,13H,4-7,10,15H2. The molecule has 0 spiro atoms. The van der Waals surface area contributed by atoms with E-state index in [9.17, 15) is 4.79 Å². The van der Waals surface area contributed by atoms with Crippen LogP contribution in [0.3, 0.4) is 0 Å². The summed E-state index contributed by atoms with van der Waals surface area (Å²) in [7, 11) is 0. The van der Waals surface area contributed by atoms with Gasteiger partial charge in [-0.3, -0.25) is 0 Å². The van der Waals surface area contributed by atoms with Crippen LogP contribution in [0, 0.1) is 5.92 Å². The molecule has 0 heterocycles. The third-order valence-corrected chi connectivity index (χ3v) is 3.35. The fraction of sp³-hybridized carbons (Fsp3) is 0.500. The first kappa shape index (κ1) is 12.1. The van der Waals surface area contributed by atoms with Crippen molar-refractivity contribution in [3.8, 4) is 0 Å². The summed E-state index contributed by atoms with van der Waals surface area (Å²) < 4.78 is 5.28. The highest BCUT2D eigenvalue weighted by molar-refractivity contribution is 5.77. The second-order valence-corrected chi connectivity index (χ2v) is 4.67. The molecular formula is C14H19NO2. The van der Waals surface area contributed by atoms with Crippen molar-refractivity contribution < 1.29 is 9.53 Å². The maximum absolute atomic E-state index is 11.8. The van der Waals surface area contributed by atoms with E-state index in [-0.39, 0.29) is 5.97 Å². The molecule has 1 aromatic rings. The van der Waals surface area contributed by atoms with Gasteiger partial charge < -0.3 is 10.5 Å². The molecule has 0 aliphatic heterocycles. The highest BCUT2D eigenvalue weighted by atomic mass is 16.5. The highest BCUT2D eigenvalue weighted by Crippen LogP contribution is 2.25. The van der Waals surface area contributed by atoms with Gasteiger partial charge in [0.15, 0.2) is 0 Å². The molecule has 1 aliphatic rings. The topological polar surface area (TPSA) is 52.3 Å². The lowest BCUT2D eigenvalue weighted by atomic mass is 10.1. The predicted octanol–water partition coefficient (Wildman–Crippen LogP) is 2.42. The minimum atomic E-state index is -0.655. The van der Waals surface area contributed by atoms with Crippen LogP contribution in [0.5, 0.6) is 0 Å². The summed E-state index contributed by atoms with van der Waals surface area (Å²) in [6, 6.07) is 8.69. The lowest BCUT2D eigenvalue weighted by molar-refractivity contribution is -0.146. The third kappa shape index (κ3) is 3.30. The van der Waals surface area contributed by atoms with Crippen LogP contribution in [0.2, 0.25) is 0 Å². The Morgan fingerprint density at radius 1 is 1.29 bits per heavy atom. The van der Waals surface area contributed by atoms with Gasteiger partial charge in [0.2, 0.25) is 0 Å². The zero-order valence-electron chi connectivity index (χ0n) is 9.97. The first-order valence-corrected chi connectivity index (χ1v) is 6.24. The van der Waals surface area contributed by atoms with Crippen LogP contribution in [0.4, 0.5) is 0 Å². The average molecular weight is 233 g/mol. The lowest BCUT2D eigenvalue weighted by Gasteiger charge is -2.14. The summed E-state index contributed by atoms with van der Waals surface area (Å²) in [5.41, 5.74) is 6.66. The van der Waals surface area contributed by atoms with E-state index in [2.05, 4.69) is 0 Å². The van der Waals surface area contributed by atoms with Crippen molar-refractivity contribution in [1.82, 2.24) is 0 Å². The molecule has 0 saturated heterocycles. The van der Waals surface area contributed by atoms with E-state index in [0.717, 1.165) is 5.56 Å². The summed E-state index contributed by atoms with van der Waals surface area (Å²) in [4.78, 5) is 11.8. The molecule has 1 aromatic carbocycles. The Hall–Kier alpha value is -1.35. The van der Waals surface area contributed by atoms with Crippen molar-refractivity contribution in [3.05, 3.63) is 35.9 Å². The van der Waals surface area contributed by atoms with Crippen LogP contribution < -0.4 is 5.73 Å². The van der Waals surface area contributed by atoms with Gasteiger partial charge in [-0.25, -0.2) is 4.79 Å². The van der Waals surface area contributed by atoms with Crippen molar-refractivity contribution in [2.24, 2.45) is 11.7 Å². The molecular weight excluding hydrogens is 214 g/mol. The largest absolute Gasteiger partial charge is 0.464 e.